The molecule has 6 nitrogen and oxygen atoms in total. The molecule has 69 heavy (non-hydrogen) atoms. The fourth-order valence-electron chi connectivity index (χ4n) is 8.44. The van der Waals surface area contributed by atoms with Crippen LogP contribution < -0.4 is 0 Å². The second-order valence-electron chi connectivity index (χ2n) is 19.9. The zero-order chi connectivity index (χ0) is 50.0. The van der Waals surface area contributed by atoms with Gasteiger partial charge in [-0.05, 0) is 109 Å². The predicted octanol–water partition coefficient (Wildman–Crippen LogP) is 20.0. The second kappa shape index (κ2) is 57.7. The predicted molar refractivity (Wildman–Crippen MR) is 298 cm³/mol. The third kappa shape index (κ3) is 55.9. The zero-order valence-corrected chi connectivity index (χ0v) is 45.8. The van der Waals surface area contributed by atoms with Crippen molar-refractivity contribution in [2.24, 2.45) is 0 Å². The van der Waals surface area contributed by atoms with Gasteiger partial charge in [-0.2, -0.15) is 0 Å². The summed E-state index contributed by atoms with van der Waals surface area (Å²) in [6.45, 7) is 6.59. The Balaban J connectivity index is 4.39. The molecule has 0 fully saturated rings. The van der Waals surface area contributed by atoms with Crippen molar-refractivity contribution in [2.45, 2.75) is 309 Å². The molecule has 0 aliphatic heterocycles. The molecule has 1 atom stereocenters. The van der Waals surface area contributed by atoms with Crippen LogP contribution in [-0.2, 0) is 28.6 Å². The van der Waals surface area contributed by atoms with Gasteiger partial charge in [-0.3, -0.25) is 14.4 Å². The number of carbonyl (C=O) groups is 3. The number of unbranched alkanes of at least 4 members (excludes halogenated alkanes) is 33. The fourth-order valence-corrected chi connectivity index (χ4v) is 8.44. The molecule has 0 saturated carbocycles. The summed E-state index contributed by atoms with van der Waals surface area (Å²) < 4.78 is 16.9. The van der Waals surface area contributed by atoms with E-state index < -0.39 is 6.10 Å². The normalized spacial score (nSPS) is 12.4. The van der Waals surface area contributed by atoms with Crippen molar-refractivity contribution in [3.63, 3.8) is 0 Å². The average molecular weight is 966 g/mol. The van der Waals surface area contributed by atoms with Gasteiger partial charge in [0, 0.05) is 19.3 Å². The van der Waals surface area contributed by atoms with Gasteiger partial charge in [-0.15, -0.1) is 0 Å². The molecule has 0 rings (SSSR count). The van der Waals surface area contributed by atoms with Gasteiger partial charge in [0.15, 0.2) is 6.10 Å². The lowest BCUT2D eigenvalue weighted by Crippen LogP contribution is -2.30. The van der Waals surface area contributed by atoms with Crippen LogP contribution in [0.3, 0.4) is 0 Å². The van der Waals surface area contributed by atoms with Crippen molar-refractivity contribution in [3.8, 4) is 0 Å². The number of hydrogen-bond acceptors (Lipinski definition) is 6. The second-order valence-corrected chi connectivity index (χ2v) is 19.9. The van der Waals surface area contributed by atoms with Crippen molar-refractivity contribution in [2.75, 3.05) is 13.2 Å². The summed E-state index contributed by atoms with van der Waals surface area (Å²) in [7, 11) is 0. The molecule has 0 aliphatic carbocycles. The van der Waals surface area contributed by atoms with E-state index in [1.54, 1.807) is 0 Å². The minimum Gasteiger partial charge on any atom is -0.462 e. The summed E-state index contributed by atoms with van der Waals surface area (Å²) in [5.74, 6) is -0.920. The lowest BCUT2D eigenvalue weighted by atomic mass is 10.0. The summed E-state index contributed by atoms with van der Waals surface area (Å²) in [6, 6.07) is 0. The van der Waals surface area contributed by atoms with Crippen LogP contribution in [0.4, 0.5) is 0 Å². The van der Waals surface area contributed by atoms with Crippen LogP contribution >= 0.6 is 0 Å². The van der Waals surface area contributed by atoms with E-state index in [0.717, 1.165) is 70.6 Å². The van der Waals surface area contributed by atoms with Crippen molar-refractivity contribution in [3.05, 3.63) is 60.8 Å². The first kappa shape index (κ1) is 66.1. The number of esters is 3. The van der Waals surface area contributed by atoms with E-state index in [4.69, 9.17) is 14.2 Å². The van der Waals surface area contributed by atoms with Gasteiger partial charge < -0.3 is 14.2 Å². The van der Waals surface area contributed by atoms with Gasteiger partial charge in [0.1, 0.15) is 13.2 Å². The van der Waals surface area contributed by atoms with Crippen LogP contribution in [0, 0.1) is 0 Å². The molecular formula is C63H112O6. The third-order valence-corrected chi connectivity index (χ3v) is 13.0. The Bertz CT molecular complexity index is 1250. The molecule has 0 unspecified atom stereocenters. The molecule has 0 aliphatic rings. The summed E-state index contributed by atoms with van der Waals surface area (Å²) in [5.41, 5.74) is 0. The maximum atomic E-state index is 12.9. The van der Waals surface area contributed by atoms with Gasteiger partial charge in [0.05, 0.1) is 0 Å². The standard InChI is InChI=1S/C63H112O6/c1-4-7-10-13-16-19-22-25-28-29-30-31-32-33-36-39-42-45-48-51-54-57-63(66)69-60(58-67-61(64)55-52-49-46-43-40-37-34-26-23-20-17-14-11-8-5-2)59-68-62(65)56-53-50-47-44-41-38-35-27-24-21-18-15-12-9-6-3/h17,20-21,24-26,28,34,40,43,60H,4-16,18-19,22-23,27,29-33,35-39,41-42,44-59H2,1-3H3/b20-17-,24-21-,28-25-,34-26-,43-40-/t60-/m1/s1. The Morgan fingerprint density at radius 1 is 0.290 bits per heavy atom. The first-order valence-electron chi connectivity index (χ1n) is 29.8. The lowest BCUT2D eigenvalue weighted by Gasteiger charge is -2.18. The van der Waals surface area contributed by atoms with Crippen LogP contribution in [0.25, 0.3) is 0 Å². The van der Waals surface area contributed by atoms with Crippen LogP contribution in [0.2, 0.25) is 0 Å². The van der Waals surface area contributed by atoms with E-state index in [2.05, 4.69) is 81.5 Å². The van der Waals surface area contributed by atoms with Crippen molar-refractivity contribution in [1.82, 2.24) is 0 Å². The molecule has 0 N–H and O–H groups in total. The fraction of sp³-hybridized carbons (Fsp3) is 0.794. The SMILES string of the molecule is CCCCC/C=C\C/C=C\C/C=C\CCCCC(=O)OC[C@H](COC(=O)CCCCCCCCC/C=C\CCCCCC)OC(=O)CCCCCCCCCCCCC/C=C\CCCCCCCC. The summed E-state index contributed by atoms with van der Waals surface area (Å²) >= 11 is 0. The topological polar surface area (TPSA) is 78.9 Å². The number of ether oxygens (including phenoxy) is 3. The van der Waals surface area contributed by atoms with E-state index in [0.29, 0.717) is 19.3 Å². The van der Waals surface area contributed by atoms with Gasteiger partial charge >= 0.3 is 17.9 Å². The van der Waals surface area contributed by atoms with Crippen molar-refractivity contribution >= 4 is 17.9 Å². The molecule has 0 amide bonds. The molecule has 0 heterocycles. The highest BCUT2D eigenvalue weighted by atomic mass is 16.6. The monoisotopic (exact) mass is 965 g/mol. The van der Waals surface area contributed by atoms with E-state index in [1.165, 1.54) is 193 Å². The number of hydrogen-bond donors (Lipinski definition) is 0. The summed E-state index contributed by atoms with van der Waals surface area (Å²) in [4.78, 5) is 38.2. The van der Waals surface area contributed by atoms with E-state index in [-0.39, 0.29) is 31.1 Å². The third-order valence-electron chi connectivity index (χ3n) is 13.0. The van der Waals surface area contributed by atoms with Gasteiger partial charge in [0.2, 0.25) is 0 Å². The maximum absolute atomic E-state index is 12.9. The number of carbonyl (C=O) groups excluding carboxylic acids is 3. The van der Waals surface area contributed by atoms with Gasteiger partial charge in [0.25, 0.3) is 0 Å². The quantitative estimate of drug-likeness (QED) is 0.0262. The molecule has 0 radical (unpaired) electrons. The molecule has 0 aromatic heterocycles. The first-order chi connectivity index (χ1) is 34.0. The largest absolute Gasteiger partial charge is 0.462 e. The molecule has 0 saturated heterocycles. The maximum Gasteiger partial charge on any atom is 0.306 e. The smallest absolute Gasteiger partial charge is 0.306 e. The highest BCUT2D eigenvalue weighted by Crippen LogP contribution is 2.16. The van der Waals surface area contributed by atoms with Gasteiger partial charge in [-0.25, -0.2) is 0 Å². The Morgan fingerprint density at radius 2 is 0.522 bits per heavy atom. The van der Waals surface area contributed by atoms with Crippen LogP contribution in [0.15, 0.2) is 60.8 Å². The molecule has 0 spiro atoms. The Hall–Kier alpha value is -2.89. The highest BCUT2D eigenvalue weighted by Gasteiger charge is 2.19. The molecule has 0 aromatic rings. The van der Waals surface area contributed by atoms with Crippen molar-refractivity contribution < 1.29 is 28.6 Å². The lowest BCUT2D eigenvalue weighted by molar-refractivity contribution is -0.167. The minimum absolute atomic E-state index is 0.0874. The van der Waals surface area contributed by atoms with Crippen LogP contribution in [0.5, 0.6) is 0 Å². The first-order valence-corrected chi connectivity index (χ1v) is 29.8. The molecule has 0 aromatic carbocycles. The average Bonchev–Trinajstić information content (AvgIpc) is 3.35. The number of allylic oxidation sites excluding steroid dienone is 10. The number of rotatable bonds is 54. The van der Waals surface area contributed by atoms with Gasteiger partial charge in [-0.1, -0.05) is 236 Å². The molecular weight excluding hydrogens is 853 g/mol. The zero-order valence-electron chi connectivity index (χ0n) is 45.8. The van der Waals surface area contributed by atoms with E-state index in [9.17, 15) is 14.4 Å². The van der Waals surface area contributed by atoms with Crippen LogP contribution in [0.1, 0.15) is 303 Å². The Kier molecular flexibility index (Phi) is 55.3. The van der Waals surface area contributed by atoms with Crippen LogP contribution in [-0.4, -0.2) is 37.2 Å². The van der Waals surface area contributed by atoms with E-state index >= 15 is 0 Å². The van der Waals surface area contributed by atoms with Crippen molar-refractivity contribution in [1.29, 1.82) is 0 Å². The Morgan fingerprint density at radius 3 is 0.899 bits per heavy atom. The van der Waals surface area contributed by atoms with E-state index in [1.807, 2.05) is 0 Å². The molecule has 6 heteroatoms. The summed E-state index contributed by atoms with van der Waals surface area (Å²) in [6.07, 6.45) is 72.1. The summed E-state index contributed by atoms with van der Waals surface area (Å²) in [5, 5.41) is 0. The minimum atomic E-state index is -0.791. The Labute approximate surface area is 428 Å². The molecule has 0 bridgehead atoms. The highest BCUT2D eigenvalue weighted by molar-refractivity contribution is 5.71. The molecule has 400 valence electrons.